The van der Waals surface area contributed by atoms with Crippen molar-refractivity contribution in [3.05, 3.63) is 35.9 Å². The van der Waals surface area contributed by atoms with Gasteiger partial charge in [-0.05, 0) is 29.7 Å². The van der Waals surface area contributed by atoms with Gasteiger partial charge in [0.2, 0.25) is 0 Å². The molecule has 0 bridgehead atoms. The Hall–Kier alpha value is -0.820. The molecule has 2 unspecified atom stereocenters. The van der Waals surface area contributed by atoms with Crippen LogP contribution in [0.1, 0.15) is 25.3 Å². The Morgan fingerprint density at radius 2 is 2.13 bits per heavy atom. The molecule has 15 heavy (non-hydrogen) atoms. The van der Waals surface area contributed by atoms with Crippen molar-refractivity contribution >= 4 is 0 Å². The number of nitrogens with zero attached hydrogens (tertiary/aromatic N) is 1. The molecule has 3 rings (SSSR count). The minimum Gasteiger partial charge on any atom is -0.298 e. The van der Waals surface area contributed by atoms with Gasteiger partial charge in [0.25, 0.3) is 0 Å². The monoisotopic (exact) mass is 201 g/mol. The fourth-order valence-electron chi connectivity index (χ4n) is 3.21. The van der Waals surface area contributed by atoms with Gasteiger partial charge in [-0.3, -0.25) is 4.90 Å². The minimum atomic E-state index is 0.661. The molecule has 0 amide bonds. The maximum absolute atomic E-state index is 2.63. The molecule has 1 aromatic carbocycles. The Morgan fingerprint density at radius 1 is 1.33 bits per heavy atom. The lowest BCUT2D eigenvalue weighted by molar-refractivity contribution is 0.108. The summed E-state index contributed by atoms with van der Waals surface area (Å²) < 4.78 is 0. The minimum absolute atomic E-state index is 0.661. The average molecular weight is 201 g/mol. The van der Waals surface area contributed by atoms with Crippen LogP contribution in [0.4, 0.5) is 0 Å². The number of likely N-dealkylation sites (tertiary alicyclic amines) is 1. The van der Waals surface area contributed by atoms with Crippen LogP contribution in [-0.2, 0) is 6.54 Å². The highest BCUT2D eigenvalue weighted by Crippen LogP contribution is 2.51. The van der Waals surface area contributed by atoms with Crippen molar-refractivity contribution in [3.8, 4) is 0 Å². The highest BCUT2D eigenvalue weighted by atomic mass is 15.2. The highest BCUT2D eigenvalue weighted by molar-refractivity contribution is 5.15. The van der Waals surface area contributed by atoms with Gasteiger partial charge in [-0.1, -0.05) is 37.3 Å². The zero-order valence-corrected chi connectivity index (χ0v) is 9.45. The van der Waals surface area contributed by atoms with Crippen molar-refractivity contribution in [2.45, 2.75) is 26.3 Å². The lowest BCUT2D eigenvalue weighted by Gasteiger charge is -2.40. The van der Waals surface area contributed by atoms with E-state index in [-0.39, 0.29) is 0 Å². The van der Waals surface area contributed by atoms with Gasteiger partial charge in [0.15, 0.2) is 0 Å². The van der Waals surface area contributed by atoms with E-state index in [1.54, 1.807) is 0 Å². The first-order chi connectivity index (χ1) is 7.26. The summed E-state index contributed by atoms with van der Waals surface area (Å²) in [5.41, 5.74) is 2.12. The zero-order valence-electron chi connectivity index (χ0n) is 9.45. The fraction of sp³-hybridized carbons (Fsp3) is 0.571. The largest absolute Gasteiger partial charge is 0.298 e. The predicted molar refractivity (Wildman–Crippen MR) is 62.6 cm³/mol. The smallest absolute Gasteiger partial charge is 0.0234 e. The second-order valence-corrected chi connectivity index (χ2v) is 5.54. The summed E-state index contributed by atoms with van der Waals surface area (Å²) in [7, 11) is 0. The van der Waals surface area contributed by atoms with E-state index in [0.29, 0.717) is 5.41 Å². The third-order valence-corrected chi connectivity index (χ3v) is 4.36. The van der Waals surface area contributed by atoms with E-state index in [1.165, 1.54) is 31.5 Å². The quantitative estimate of drug-likeness (QED) is 0.711. The second-order valence-electron chi connectivity index (χ2n) is 5.54. The van der Waals surface area contributed by atoms with E-state index in [4.69, 9.17) is 0 Å². The molecular formula is C14H19N. The average Bonchev–Trinajstić information content (AvgIpc) is 2.44. The molecule has 1 aliphatic carbocycles. The molecule has 1 aromatic rings. The second kappa shape index (κ2) is 3.34. The lowest BCUT2D eigenvalue weighted by atomic mass is 9.64. The van der Waals surface area contributed by atoms with Crippen molar-refractivity contribution in [3.63, 3.8) is 0 Å². The van der Waals surface area contributed by atoms with Gasteiger partial charge in [-0.15, -0.1) is 0 Å². The maximum Gasteiger partial charge on any atom is 0.0234 e. The summed E-state index contributed by atoms with van der Waals surface area (Å²) in [6.07, 6.45) is 2.91. The number of rotatable bonds is 2. The van der Waals surface area contributed by atoms with E-state index >= 15 is 0 Å². The van der Waals surface area contributed by atoms with Crippen LogP contribution in [0, 0.1) is 11.3 Å². The molecule has 0 aromatic heterocycles. The summed E-state index contributed by atoms with van der Waals surface area (Å²) in [6.45, 7) is 6.25. The predicted octanol–water partition coefficient (Wildman–Crippen LogP) is 2.92. The van der Waals surface area contributed by atoms with E-state index in [2.05, 4.69) is 42.2 Å². The van der Waals surface area contributed by atoms with Crippen LogP contribution in [0.25, 0.3) is 0 Å². The van der Waals surface area contributed by atoms with Gasteiger partial charge in [0.05, 0.1) is 0 Å². The van der Waals surface area contributed by atoms with Gasteiger partial charge in [0, 0.05) is 19.6 Å². The van der Waals surface area contributed by atoms with Crippen LogP contribution in [0.3, 0.4) is 0 Å². The Balaban J connectivity index is 1.66. The topological polar surface area (TPSA) is 3.24 Å². The van der Waals surface area contributed by atoms with Crippen molar-refractivity contribution in [1.82, 2.24) is 4.90 Å². The van der Waals surface area contributed by atoms with E-state index in [0.717, 1.165) is 12.5 Å². The Kier molecular flexibility index (Phi) is 2.10. The maximum atomic E-state index is 2.63. The molecule has 2 atom stereocenters. The molecule has 1 saturated heterocycles. The Labute approximate surface area is 92.1 Å². The molecule has 1 nitrogen and oxygen atoms in total. The standard InChI is InChI=1S/C14H19N/c1-14-8-7-13(14)10-15(11-14)9-12-5-3-2-4-6-12/h2-6,13H,7-11H2,1H3. The molecule has 0 N–H and O–H groups in total. The lowest BCUT2D eigenvalue weighted by Crippen LogP contribution is -2.35. The number of benzene rings is 1. The zero-order chi connectivity index (χ0) is 10.3. The third kappa shape index (κ3) is 1.59. The first-order valence-corrected chi connectivity index (χ1v) is 6.03. The van der Waals surface area contributed by atoms with Crippen LogP contribution < -0.4 is 0 Å². The molecule has 80 valence electrons. The Bertz CT molecular complexity index is 346. The van der Waals surface area contributed by atoms with Gasteiger partial charge in [-0.25, -0.2) is 0 Å². The molecule has 1 aliphatic heterocycles. The molecule has 2 fully saturated rings. The SMILES string of the molecule is CC12CCC1CN(Cc1ccccc1)C2. The summed E-state index contributed by atoms with van der Waals surface area (Å²) >= 11 is 0. The molecule has 2 aliphatic rings. The normalized spacial score (nSPS) is 34.9. The van der Waals surface area contributed by atoms with Crippen molar-refractivity contribution in [2.24, 2.45) is 11.3 Å². The summed E-state index contributed by atoms with van der Waals surface area (Å²) in [5, 5.41) is 0. The molecule has 1 heterocycles. The van der Waals surface area contributed by atoms with Crippen molar-refractivity contribution < 1.29 is 0 Å². The van der Waals surface area contributed by atoms with Gasteiger partial charge in [0.1, 0.15) is 0 Å². The fourth-order valence-corrected chi connectivity index (χ4v) is 3.21. The van der Waals surface area contributed by atoms with Crippen LogP contribution >= 0.6 is 0 Å². The van der Waals surface area contributed by atoms with Crippen molar-refractivity contribution in [1.29, 1.82) is 0 Å². The van der Waals surface area contributed by atoms with Gasteiger partial charge in [-0.2, -0.15) is 0 Å². The summed E-state index contributed by atoms with van der Waals surface area (Å²) in [4.78, 5) is 2.63. The number of hydrogen-bond acceptors (Lipinski definition) is 1. The molecule has 1 heteroatoms. The van der Waals surface area contributed by atoms with E-state index < -0.39 is 0 Å². The molecule has 1 saturated carbocycles. The molecule has 0 radical (unpaired) electrons. The summed E-state index contributed by atoms with van der Waals surface area (Å²) in [5.74, 6) is 0.987. The van der Waals surface area contributed by atoms with Gasteiger partial charge >= 0.3 is 0 Å². The van der Waals surface area contributed by atoms with Gasteiger partial charge < -0.3 is 0 Å². The Morgan fingerprint density at radius 3 is 2.67 bits per heavy atom. The third-order valence-electron chi connectivity index (χ3n) is 4.36. The van der Waals surface area contributed by atoms with Crippen LogP contribution in [0.2, 0.25) is 0 Å². The van der Waals surface area contributed by atoms with Crippen LogP contribution in [0.15, 0.2) is 30.3 Å². The molecule has 0 spiro atoms. The first kappa shape index (κ1) is 9.41. The number of fused-ring (bicyclic) bond motifs is 1. The van der Waals surface area contributed by atoms with Crippen LogP contribution in [0.5, 0.6) is 0 Å². The van der Waals surface area contributed by atoms with Crippen molar-refractivity contribution in [2.75, 3.05) is 13.1 Å². The van der Waals surface area contributed by atoms with Crippen LogP contribution in [-0.4, -0.2) is 18.0 Å². The highest BCUT2D eigenvalue weighted by Gasteiger charge is 2.48. The summed E-state index contributed by atoms with van der Waals surface area (Å²) in [6, 6.07) is 10.9. The molecular weight excluding hydrogens is 182 g/mol. The van der Waals surface area contributed by atoms with E-state index in [9.17, 15) is 0 Å². The van der Waals surface area contributed by atoms with E-state index in [1.807, 2.05) is 0 Å². The first-order valence-electron chi connectivity index (χ1n) is 6.03. The number of hydrogen-bond donors (Lipinski definition) is 0.